The van der Waals surface area contributed by atoms with Gasteiger partial charge in [0.25, 0.3) is 0 Å². The fourth-order valence-electron chi connectivity index (χ4n) is 1.72. The van der Waals surface area contributed by atoms with E-state index in [9.17, 15) is 8.42 Å². The Morgan fingerprint density at radius 1 is 1.32 bits per heavy atom. The molecule has 0 amide bonds. The van der Waals surface area contributed by atoms with Crippen molar-refractivity contribution in [1.82, 2.24) is 5.32 Å². The van der Waals surface area contributed by atoms with Crippen LogP contribution < -0.4 is 5.32 Å². The molecule has 0 aliphatic rings. The molecule has 104 valence electrons. The van der Waals surface area contributed by atoms with Crippen molar-refractivity contribution in [3.05, 3.63) is 35.9 Å². The van der Waals surface area contributed by atoms with E-state index in [0.29, 0.717) is 0 Å². The highest BCUT2D eigenvalue weighted by molar-refractivity contribution is 7.90. The summed E-state index contributed by atoms with van der Waals surface area (Å²) in [6, 6.07) is 10.5. The summed E-state index contributed by atoms with van der Waals surface area (Å²) in [4.78, 5) is 0. The van der Waals surface area contributed by atoms with Gasteiger partial charge in [0.2, 0.25) is 0 Å². The Morgan fingerprint density at radius 2 is 1.95 bits per heavy atom. The van der Waals surface area contributed by atoms with Crippen molar-refractivity contribution in [2.75, 3.05) is 5.75 Å². The molecule has 0 aliphatic heterocycles. The molecule has 0 radical (unpaired) electrons. The summed E-state index contributed by atoms with van der Waals surface area (Å²) < 4.78 is 24.1. The second kappa shape index (κ2) is 7.27. The van der Waals surface area contributed by atoms with E-state index in [1.807, 2.05) is 38.1 Å². The van der Waals surface area contributed by atoms with E-state index in [4.69, 9.17) is 5.26 Å². The summed E-state index contributed by atoms with van der Waals surface area (Å²) >= 11 is 0. The predicted octanol–water partition coefficient (Wildman–Crippen LogP) is 1.88. The first-order chi connectivity index (χ1) is 8.96. The third-order valence-corrected chi connectivity index (χ3v) is 4.52. The lowest BCUT2D eigenvalue weighted by atomic mass is 10.2. The maximum absolute atomic E-state index is 12.0. The molecule has 0 fully saturated rings. The summed E-state index contributed by atoms with van der Waals surface area (Å²) in [5, 5.41) is 12.0. The van der Waals surface area contributed by atoms with E-state index >= 15 is 0 Å². The zero-order valence-electron chi connectivity index (χ0n) is 11.3. The van der Waals surface area contributed by atoms with E-state index in [1.54, 1.807) is 12.1 Å². The summed E-state index contributed by atoms with van der Waals surface area (Å²) in [5.41, 5.74) is 0.753. The molecule has 0 spiro atoms. The Balaban J connectivity index is 2.66. The van der Waals surface area contributed by atoms with E-state index in [-0.39, 0.29) is 17.5 Å². The van der Waals surface area contributed by atoms with Crippen LogP contribution in [0.25, 0.3) is 0 Å². The van der Waals surface area contributed by atoms with Gasteiger partial charge in [-0.1, -0.05) is 37.3 Å². The lowest BCUT2D eigenvalue weighted by Crippen LogP contribution is -2.40. The van der Waals surface area contributed by atoms with Crippen molar-refractivity contribution in [1.29, 1.82) is 5.26 Å². The molecule has 5 heteroatoms. The molecule has 2 unspecified atom stereocenters. The van der Waals surface area contributed by atoms with Crippen molar-refractivity contribution in [2.24, 2.45) is 0 Å². The maximum Gasteiger partial charge on any atom is 0.157 e. The van der Waals surface area contributed by atoms with Crippen LogP contribution in [0.2, 0.25) is 0 Å². The molecular weight excluding hydrogens is 260 g/mol. The molecule has 0 heterocycles. The summed E-state index contributed by atoms with van der Waals surface area (Å²) in [6.07, 6.45) is 0.858. The van der Waals surface area contributed by atoms with Crippen LogP contribution in [0, 0.1) is 11.3 Å². The van der Waals surface area contributed by atoms with E-state index in [1.165, 1.54) is 0 Å². The summed E-state index contributed by atoms with van der Waals surface area (Å²) in [7, 11) is -3.28. The second-order valence-electron chi connectivity index (χ2n) is 4.70. The fourth-order valence-corrected chi connectivity index (χ4v) is 3.22. The van der Waals surface area contributed by atoms with Crippen LogP contribution in [0.4, 0.5) is 0 Å². The average Bonchev–Trinajstić information content (AvgIpc) is 2.38. The molecule has 1 aromatic rings. The van der Waals surface area contributed by atoms with Gasteiger partial charge in [0, 0.05) is 6.04 Å². The van der Waals surface area contributed by atoms with Gasteiger partial charge in [0.1, 0.15) is 6.04 Å². The Morgan fingerprint density at radius 3 is 2.47 bits per heavy atom. The maximum atomic E-state index is 12.0. The summed E-state index contributed by atoms with van der Waals surface area (Å²) in [6.45, 7) is 3.93. The van der Waals surface area contributed by atoms with Crippen LogP contribution in [0.5, 0.6) is 0 Å². The number of rotatable bonds is 7. The number of sulfone groups is 1. The van der Waals surface area contributed by atoms with Crippen LogP contribution >= 0.6 is 0 Å². The van der Waals surface area contributed by atoms with Gasteiger partial charge in [-0.2, -0.15) is 5.26 Å². The van der Waals surface area contributed by atoms with Gasteiger partial charge in [0.05, 0.1) is 17.6 Å². The van der Waals surface area contributed by atoms with E-state index in [0.717, 1.165) is 12.0 Å². The molecule has 1 rings (SSSR count). The number of hydrogen-bond donors (Lipinski definition) is 1. The number of hydrogen-bond acceptors (Lipinski definition) is 4. The third-order valence-electron chi connectivity index (χ3n) is 2.90. The smallest absolute Gasteiger partial charge is 0.157 e. The van der Waals surface area contributed by atoms with Gasteiger partial charge in [-0.15, -0.1) is 0 Å². The van der Waals surface area contributed by atoms with Gasteiger partial charge in [-0.25, -0.2) is 8.42 Å². The Hall–Kier alpha value is -1.38. The van der Waals surface area contributed by atoms with E-state index in [2.05, 4.69) is 5.32 Å². The van der Waals surface area contributed by atoms with Crippen LogP contribution in [0.1, 0.15) is 25.8 Å². The first-order valence-electron chi connectivity index (χ1n) is 6.37. The van der Waals surface area contributed by atoms with Crippen LogP contribution in [-0.4, -0.2) is 26.3 Å². The molecule has 1 N–H and O–H groups in total. The normalized spacial score (nSPS) is 14.6. The highest BCUT2D eigenvalue weighted by Gasteiger charge is 2.20. The zero-order chi connectivity index (χ0) is 14.3. The molecule has 0 aromatic heterocycles. The topological polar surface area (TPSA) is 70.0 Å². The second-order valence-corrected chi connectivity index (χ2v) is 6.81. The largest absolute Gasteiger partial charge is 0.299 e. The third kappa shape index (κ3) is 5.86. The van der Waals surface area contributed by atoms with Crippen molar-refractivity contribution < 1.29 is 8.42 Å². The molecule has 0 bridgehead atoms. The van der Waals surface area contributed by atoms with Crippen molar-refractivity contribution in [2.45, 2.75) is 38.1 Å². The Labute approximate surface area is 115 Å². The first-order valence-corrected chi connectivity index (χ1v) is 8.19. The van der Waals surface area contributed by atoms with Gasteiger partial charge in [-0.05, 0) is 18.9 Å². The van der Waals surface area contributed by atoms with Crippen molar-refractivity contribution in [3.63, 3.8) is 0 Å². The molecule has 2 atom stereocenters. The lowest BCUT2D eigenvalue weighted by Gasteiger charge is -2.16. The monoisotopic (exact) mass is 280 g/mol. The minimum Gasteiger partial charge on any atom is -0.299 e. The molecular formula is C14H20N2O2S. The number of benzene rings is 1. The minimum atomic E-state index is -3.28. The lowest BCUT2D eigenvalue weighted by molar-refractivity contribution is 0.504. The molecule has 4 nitrogen and oxygen atoms in total. The first kappa shape index (κ1) is 15.7. The average molecular weight is 280 g/mol. The zero-order valence-corrected chi connectivity index (χ0v) is 12.2. The molecule has 0 aliphatic carbocycles. The quantitative estimate of drug-likeness (QED) is 0.828. The molecule has 1 aromatic carbocycles. The van der Waals surface area contributed by atoms with Crippen LogP contribution in [-0.2, 0) is 15.6 Å². The number of nitrogens with zero attached hydrogens (tertiary/aromatic N) is 1. The Kier molecular flexibility index (Phi) is 6.00. The van der Waals surface area contributed by atoms with Crippen molar-refractivity contribution >= 4 is 9.84 Å². The molecule has 0 saturated carbocycles. The van der Waals surface area contributed by atoms with E-state index < -0.39 is 15.9 Å². The number of nitriles is 1. The standard InChI is InChI=1S/C14H20N2O2S/c1-3-12(2)16-14(9-15)11-19(17,18)10-13-7-5-4-6-8-13/h4-8,12,14,16H,3,10-11H2,1-2H3. The van der Waals surface area contributed by atoms with Gasteiger partial charge in [-0.3, -0.25) is 5.32 Å². The van der Waals surface area contributed by atoms with Crippen molar-refractivity contribution in [3.8, 4) is 6.07 Å². The predicted molar refractivity (Wildman–Crippen MR) is 76.2 cm³/mol. The fraction of sp³-hybridized carbons (Fsp3) is 0.500. The van der Waals surface area contributed by atoms with Crippen LogP contribution in [0.3, 0.4) is 0 Å². The molecule has 19 heavy (non-hydrogen) atoms. The highest BCUT2D eigenvalue weighted by atomic mass is 32.2. The summed E-state index contributed by atoms with van der Waals surface area (Å²) in [5.74, 6) is -0.170. The molecule has 0 saturated heterocycles. The Bertz CT molecular complexity index is 520. The van der Waals surface area contributed by atoms with Crippen LogP contribution in [0.15, 0.2) is 30.3 Å². The van der Waals surface area contributed by atoms with Gasteiger partial charge in [0.15, 0.2) is 9.84 Å². The SMILES string of the molecule is CCC(C)NC(C#N)CS(=O)(=O)Cc1ccccc1. The van der Waals surface area contributed by atoms with Gasteiger partial charge < -0.3 is 0 Å². The highest BCUT2D eigenvalue weighted by Crippen LogP contribution is 2.07. The number of nitrogens with one attached hydrogen (secondary N) is 1. The van der Waals surface area contributed by atoms with Gasteiger partial charge >= 0.3 is 0 Å². The minimum absolute atomic E-state index is 0.0196.